The lowest BCUT2D eigenvalue weighted by Crippen LogP contribution is -2.47. The highest BCUT2D eigenvalue weighted by atomic mass is 15.2. The Kier molecular flexibility index (Phi) is 5.20. The summed E-state index contributed by atoms with van der Waals surface area (Å²) in [7, 11) is 0. The summed E-state index contributed by atoms with van der Waals surface area (Å²) in [5.41, 5.74) is 3.75. The Morgan fingerprint density at radius 1 is 0.615 bits per heavy atom. The lowest BCUT2D eigenvalue weighted by atomic mass is 9.88. The van der Waals surface area contributed by atoms with Crippen molar-refractivity contribution in [2.24, 2.45) is 0 Å². The Labute approximate surface area is 156 Å². The van der Waals surface area contributed by atoms with Crippen LogP contribution in [0.15, 0.2) is 91.0 Å². The average molecular weight is 342 g/mol. The maximum Gasteiger partial charge on any atom is 0.0543 e. The molecule has 0 aromatic heterocycles. The van der Waals surface area contributed by atoms with Crippen molar-refractivity contribution >= 4 is 17.1 Å². The Bertz CT molecular complexity index is 747. The third-order valence-corrected chi connectivity index (χ3v) is 5.26. The molecule has 132 valence electrons. The number of nitrogens with one attached hydrogen (secondary N) is 1. The lowest BCUT2D eigenvalue weighted by Gasteiger charge is -2.42. The van der Waals surface area contributed by atoms with Crippen molar-refractivity contribution in [2.45, 2.75) is 37.8 Å². The molecule has 3 aromatic carbocycles. The molecule has 0 radical (unpaired) electrons. The van der Waals surface area contributed by atoms with E-state index in [4.69, 9.17) is 0 Å². The van der Waals surface area contributed by atoms with Crippen LogP contribution < -0.4 is 10.2 Å². The van der Waals surface area contributed by atoms with E-state index in [-0.39, 0.29) is 0 Å². The van der Waals surface area contributed by atoms with Crippen molar-refractivity contribution in [3.63, 3.8) is 0 Å². The molecular weight excluding hydrogens is 316 g/mol. The molecule has 2 atom stereocenters. The van der Waals surface area contributed by atoms with E-state index in [9.17, 15) is 0 Å². The second kappa shape index (κ2) is 8.09. The Hall–Kier alpha value is -2.74. The number of hydrogen-bond acceptors (Lipinski definition) is 2. The van der Waals surface area contributed by atoms with E-state index in [1.165, 1.54) is 42.7 Å². The van der Waals surface area contributed by atoms with E-state index in [0.717, 1.165) is 0 Å². The second-order valence-corrected chi connectivity index (χ2v) is 7.01. The van der Waals surface area contributed by atoms with E-state index < -0.39 is 0 Å². The van der Waals surface area contributed by atoms with Crippen LogP contribution in [-0.4, -0.2) is 12.1 Å². The molecule has 0 heterocycles. The SMILES string of the molecule is c1ccc(N[C@@H]2CCCC[C@H]2N(c2ccccc2)c2ccccc2)cc1. The first-order valence-corrected chi connectivity index (χ1v) is 9.63. The van der Waals surface area contributed by atoms with Gasteiger partial charge in [0.1, 0.15) is 0 Å². The van der Waals surface area contributed by atoms with Gasteiger partial charge < -0.3 is 10.2 Å². The van der Waals surface area contributed by atoms with Gasteiger partial charge in [0.15, 0.2) is 0 Å². The molecule has 1 aliphatic carbocycles. The molecule has 0 amide bonds. The molecule has 1 aliphatic rings. The van der Waals surface area contributed by atoms with Crippen LogP contribution in [0.3, 0.4) is 0 Å². The molecule has 1 N–H and O–H groups in total. The van der Waals surface area contributed by atoms with Gasteiger partial charge in [0, 0.05) is 23.1 Å². The standard InChI is InChI=1S/C24H26N2/c1-4-12-20(13-5-1)25-23-18-10-11-19-24(23)26(21-14-6-2-7-15-21)22-16-8-3-9-17-22/h1-9,12-17,23-25H,10-11,18-19H2/t23-,24-/m1/s1. The van der Waals surface area contributed by atoms with Gasteiger partial charge in [-0.05, 0) is 49.2 Å². The number of anilines is 3. The summed E-state index contributed by atoms with van der Waals surface area (Å²) in [5, 5.41) is 3.81. The predicted molar refractivity (Wildman–Crippen MR) is 111 cm³/mol. The minimum atomic E-state index is 0.437. The number of hydrogen-bond donors (Lipinski definition) is 1. The summed E-state index contributed by atoms with van der Waals surface area (Å²) >= 11 is 0. The fraction of sp³-hybridized carbons (Fsp3) is 0.250. The molecule has 0 unspecified atom stereocenters. The van der Waals surface area contributed by atoms with Crippen LogP contribution in [0.1, 0.15) is 25.7 Å². The van der Waals surface area contributed by atoms with Crippen LogP contribution in [0.25, 0.3) is 0 Å². The molecular formula is C24H26N2. The average Bonchev–Trinajstić information content (AvgIpc) is 2.72. The minimum Gasteiger partial charge on any atom is -0.380 e. The highest BCUT2D eigenvalue weighted by molar-refractivity contribution is 5.65. The highest BCUT2D eigenvalue weighted by Gasteiger charge is 2.31. The van der Waals surface area contributed by atoms with Crippen molar-refractivity contribution in [1.29, 1.82) is 0 Å². The summed E-state index contributed by atoms with van der Waals surface area (Å²) in [6, 6.07) is 33.1. The number of nitrogens with zero attached hydrogens (tertiary/aromatic N) is 1. The lowest BCUT2D eigenvalue weighted by molar-refractivity contribution is 0.399. The van der Waals surface area contributed by atoms with Crippen molar-refractivity contribution < 1.29 is 0 Å². The van der Waals surface area contributed by atoms with Crippen molar-refractivity contribution in [1.82, 2.24) is 0 Å². The molecule has 4 rings (SSSR count). The van der Waals surface area contributed by atoms with Gasteiger partial charge in [0.25, 0.3) is 0 Å². The predicted octanol–water partition coefficient (Wildman–Crippen LogP) is 6.25. The quantitative estimate of drug-likeness (QED) is 0.589. The molecule has 1 saturated carbocycles. The zero-order valence-electron chi connectivity index (χ0n) is 15.1. The van der Waals surface area contributed by atoms with Crippen molar-refractivity contribution in [3.05, 3.63) is 91.0 Å². The second-order valence-electron chi connectivity index (χ2n) is 7.01. The largest absolute Gasteiger partial charge is 0.380 e. The molecule has 2 heteroatoms. The third kappa shape index (κ3) is 3.75. The normalized spacial score (nSPS) is 19.7. The highest BCUT2D eigenvalue weighted by Crippen LogP contribution is 2.35. The van der Waals surface area contributed by atoms with Gasteiger partial charge in [-0.25, -0.2) is 0 Å². The zero-order chi connectivity index (χ0) is 17.6. The van der Waals surface area contributed by atoms with Gasteiger partial charge in [0.2, 0.25) is 0 Å². The van der Waals surface area contributed by atoms with Gasteiger partial charge in [0.05, 0.1) is 6.04 Å². The fourth-order valence-electron chi connectivity index (χ4n) is 4.05. The third-order valence-electron chi connectivity index (χ3n) is 5.26. The molecule has 0 spiro atoms. The monoisotopic (exact) mass is 342 g/mol. The summed E-state index contributed by atoms with van der Waals surface area (Å²) in [5.74, 6) is 0. The molecule has 0 saturated heterocycles. The van der Waals surface area contributed by atoms with E-state index in [1.54, 1.807) is 0 Å². The topological polar surface area (TPSA) is 15.3 Å². The minimum absolute atomic E-state index is 0.437. The van der Waals surface area contributed by atoms with E-state index >= 15 is 0 Å². The van der Waals surface area contributed by atoms with Crippen molar-refractivity contribution in [2.75, 3.05) is 10.2 Å². The first kappa shape index (κ1) is 16.7. The van der Waals surface area contributed by atoms with Crippen LogP contribution in [0.5, 0.6) is 0 Å². The van der Waals surface area contributed by atoms with Gasteiger partial charge in [-0.2, -0.15) is 0 Å². The zero-order valence-corrected chi connectivity index (χ0v) is 15.1. The Balaban J connectivity index is 1.68. The summed E-state index contributed by atoms with van der Waals surface area (Å²) in [6.07, 6.45) is 4.98. The Morgan fingerprint density at radius 2 is 1.12 bits per heavy atom. The number of rotatable bonds is 5. The number of benzene rings is 3. The summed E-state index contributed by atoms with van der Waals surface area (Å²) < 4.78 is 0. The van der Waals surface area contributed by atoms with Gasteiger partial charge in [-0.1, -0.05) is 67.4 Å². The van der Waals surface area contributed by atoms with E-state index in [2.05, 4.69) is 101 Å². The molecule has 0 aliphatic heterocycles. The van der Waals surface area contributed by atoms with E-state index in [0.29, 0.717) is 12.1 Å². The molecule has 3 aromatic rings. The van der Waals surface area contributed by atoms with Crippen LogP contribution in [0, 0.1) is 0 Å². The smallest absolute Gasteiger partial charge is 0.0543 e. The molecule has 2 nitrogen and oxygen atoms in total. The van der Waals surface area contributed by atoms with Gasteiger partial charge in [-0.3, -0.25) is 0 Å². The Morgan fingerprint density at radius 3 is 1.69 bits per heavy atom. The van der Waals surface area contributed by atoms with E-state index in [1.807, 2.05) is 0 Å². The van der Waals surface area contributed by atoms with Gasteiger partial charge in [-0.15, -0.1) is 0 Å². The van der Waals surface area contributed by atoms with Gasteiger partial charge >= 0.3 is 0 Å². The van der Waals surface area contributed by atoms with Crippen LogP contribution in [0.4, 0.5) is 17.1 Å². The maximum atomic E-state index is 3.81. The summed E-state index contributed by atoms with van der Waals surface area (Å²) in [4.78, 5) is 2.53. The maximum absolute atomic E-state index is 3.81. The van der Waals surface area contributed by atoms with Crippen LogP contribution in [0.2, 0.25) is 0 Å². The first-order chi connectivity index (χ1) is 12.9. The number of para-hydroxylation sites is 3. The van der Waals surface area contributed by atoms with Crippen LogP contribution >= 0.6 is 0 Å². The summed E-state index contributed by atoms with van der Waals surface area (Å²) in [6.45, 7) is 0. The molecule has 26 heavy (non-hydrogen) atoms. The molecule has 0 bridgehead atoms. The van der Waals surface area contributed by atoms with Crippen LogP contribution in [-0.2, 0) is 0 Å². The molecule has 1 fully saturated rings. The van der Waals surface area contributed by atoms with Crippen molar-refractivity contribution in [3.8, 4) is 0 Å². The fourth-order valence-corrected chi connectivity index (χ4v) is 4.05. The first-order valence-electron chi connectivity index (χ1n) is 9.63.